The van der Waals surface area contributed by atoms with Crippen molar-refractivity contribution in [2.24, 2.45) is 9.98 Å². The number of hydrogen-bond acceptors (Lipinski definition) is 2. The fourth-order valence-corrected chi connectivity index (χ4v) is 6.99. The highest BCUT2D eigenvalue weighted by molar-refractivity contribution is 6.18. The first-order valence-corrected chi connectivity index (χ1v) is 17.3. The number of anilines is 3. The normalized spacial score (nSPS) is 12.6. The molecule has 0 atom stereocenters. The Morgan fingerprint density at radius 1 is 0.519 bits per heavy atom. The van der Waals surface area contributed by atoms with Crippen molar-refractivity contribution in [2.45, 2.75) is 0 Å². The van der Waals surface area contributed by atoms with E-state index in [9.17, 15) is 0 Å². The summed E-state index contributed by atoms with van der Waals surface area (Å²) in [7, 11) is 0. The van der Waals surface area contributed by atoms with Crippen LogP contribution in [0.25, 0.3) is 45.1 Å². The van der Waals surface area contributed by atoms with Crippen LogP contribution in [0.3, 0.4) is 0 Å². The fourth-order valence-electron chi connectivity index (χ4n) is 6.99. The van der Waals surface area contributed by atoms with Crippen molar-refractivity contribution in [3.63, 3.8) is 0 Å². The molecule has 246 valence electrons. The van der Waals surface area contributed by atoms with E-state index in [1.165, 1.54) is 5.56 Å². The maximum Gasteiger partial charge on any atom is 0.236 e. The van der Waals surface area contributed by atoms with Crippen molar-refractivity contribution in [3.8, 4) is 11.1 Å². The van der Waals surface area contributed by atoms with Gasteiger partial charge in [-0.2, -0.15) is 4.99 Å². The van der Waals surface area contributed by atoms with Gasteiger partial charge in [0.25, 0.3) is 0 Å². The third-order valence-electron chi connectivity index (χ3n) is 9.50. The van der Waals surface area contributed by atoms with Crippen LogP contribution in [0.1, 0.15) is 22.3 Å². The minimum absolute atomic E-state index is 0.145. The van der Waals surface area contributed by atoms with Crippen LogP contribution in [0.15, 0.2) is 186 Å². The van der Waals surface area contributed by atoms with E-state index in [0.717, 1.165) is 66.7 Å². The first-order chi connectivity index (χ1) is 25.7. The summed E-state index contributed by atoms with van der Waals surface area (Å²) in [4.78, 5) is 12.1. The highest BCUT2D eigenvalue weighted by Crippen LogP contribution is 2.44. The van der Waals surface area contributed by atoms with Crippen molar-refractivity contribution < 1.29 is 0 Å². The average molecular weight is 668 g/mol. The van der Waals surface area contributed by atoms with Gasteiger partial charge in [0, 0.05) is 28.2 Å². The third kappa shape index (κ3) is 5.70. The molecule has 0 unspecified atom stereocenters. The molecule has 0 bridgehead atoms. The van der Waals surface area contributed by atoms with E-state index < -0.39 is 0 Å². The Kier molecular flexibility index (Phi) is 7.91. The van der Waals surface area contributed by atoms with Gasteiger partial charge in [0.2, 0.25) is 5.96 Å². The molecule has 8 aromatic rings. The predicted molar refractivity (Wildman–Crippen MR) is 219 cm³/mol. The largest absolute Gasteiger partial charge is 0.309 e. The number of benzene rings is 7. The first-order valence-electron chi connectivity index (χ1n) is 17.3. The fraction of sp³-hybridized carbons (Fsp3) is 0. The molecule has 7 aromatic carbocycles. The number of hydrogen-bond donors (Lipinski definition) is 1. The van der Waals surface area contributed by atoms with Gasteiger partial charge in [0.1, 0.15) is 0 Å². The summed E-state index contributed by atoms with van der Waals surface area (Å²) in [6.07, 6.45) is 6.23. The summed E-state index contributed by atoms with van der Waals surface area (Å²) in [6, 6.07) is 60.3. The average Bonchev–Trinajstić information content (AvgIpc) is 3.44. The van der Waals surface area contributed by atoms with Crippen molar-refractivity contribution in [2.75, 3.05) is 4.90 Å². The summed E-state index contributed by atoms with van der Waals surface area (Å²) in [5, 5.41) is 11.1. The van der Waals surface area contributed by atoms with Gasteiger partial charge in [0.05, 0.1) is 22.4 Å². The van der Waals surface area contributed by atoms with Crippen molar-refractivity contribution >= 4 is 69.0 Å². The number of rotatable bonds is 4. The minimum atomic E-state index is 0.145. The van der Waals surface area contributed by atoms with E-state index in [1.807, 2.05) is 72.9 Å². The summed E-state index contributed by atoms with van der Waals surface area (Å²) in [5.74, 6) is 0.567. The lowest BCUT2D eigenvalue weighted by Gasteiger charge is -2.27. The van der Waals surface area contributed by atoms with Crippen LogP contribution in [0, 0.1) is 5.41 Å². The van der Waals surface area contributed by atoms with E-state index in [4.69, 9.17) is 15.4 Å². The van der Waals surface area contributed by atoms with E-state index in [-0.39, 0.29) is 5.84 Å². The second-order valence-corrected chi connectivity index (χ2v) is 12.7. The van der Waals surface area contributed by atoms with Gasteiger partial charge < -0.3 is 4.90 Å². The zero-order valence-corrected chi connectivity index (χ0v) is 28.3. The number of nitrogens with one attached hydrogen (secondary N) is 1. The van der Waals surface area contributed by atoms with E-state index in [2.05, 4.69) is 131 Å². The van der Waals surface area contributed by atoms with Gasteiger partial charge in [-0.05, 0) is 70.3 Å². The quantitative estimate of drug-likeness (QED) is 0.147. The number of aliphatic imine (C=N–C) groups is 2. The lowest BCUT2D eigenvalue weighted by atomic mass is 9.99. The van der Waals surface area contributed by atoms with Crippen molar-refractivity contribution in [3.05, 3.63) is 198 Å². The van der Waals surface area contributed by atoms with Crippen LogP contribution in [0.5, 0.6) is 0 Å². The molecule has 2 heterocycles. The molecule has 5 nitrogen and oxygen atoms in total. The smallest absolute Gasteiger partial charge is 0.236 e. The number of para-hydroxylation sites is 3. The standard InChI is InChI=1S/C47H33N5/c48-46(36-17-6-2-7-18-36)50-47(49-32-33-14-4-1-5-15-33)52-43-23-13-11-21-40(43)41-30-37(28-29-44(41)52)38-27-26-35-25-24-34-16-10-12-22-42(34)51(45(35)31-38)39-19-8-3-9-20-39/h1-32,48H/b48-46?,49-32+,50-47+. The zero-order valence-electron chi connectivity index (χ0n) is 28.3. The van der Waals surface area contributed by atoms with E-state index >= 15 is 0 Å². The minimum Gasteiger partial charge on any atom is -0.309 e. The summed E-state index contributed by atoms with van der Waals surface area (Å²) in [6.45, 7) is 0. The Bertz CT molecular complexity index is 2690. The van der Waals surface area contributed by atoms with Gasteiger partial charge >= 0.3 is 0 Å². The number of fused-ring (bicyclic) bond motifs is 5. The summed E-state index contributed by atoms with van der Waals surface area (Å²) in [5.41, 5.74) is 11.5. The molecule has 1 aliphatic heterocycles. The molecule has 5 heteroatoms. The first kappa shape index (κ1) is 30.9. The van der Waals surface area contributed by atoms with E-state index in [1.54, 1.807) is 0 Å². The Labute approximate surface area is 302 Å². The molecule has 0 saturated carbocycles. The SMILES string of the molecule is N=C(/N=C(\N=C\c1ccccc1)n1c2ccccc2c2cc(-c3ccc4c(c3)N(c3ccccc3)c3ccccc3C=C4)ccc21)c1ccccc1. The number of amidine groups is 1. The molecule has 0 saturated heterocycles. The van der Waals surface area contributed by atoms with Gasteiger partial charge in [-0.1, -0.05) is 146 Å². The molecule has 0 fully saturated rings. The zero-order chi connectivity index (χ0) is 34.9. The van der Waals surface area contributed by atoms with Gasteiger partial charge in [-0.3, -0.25) is 9.98 Å². The molecule has 9 rings (SSSR count). The van der Waals surface area contributed by atoms with Crippen LogP contribution >= 0.6 is 0 Å². The predicted octanol–water partition coefficient (Wildman–Crippen LogP) is 11.8. The van der Waals surface area contributed by atoms with Crippen LogP contribution in [-0.4, -0.2) is 22.6 Å². The maximum atomic E-state index is 8.94. The lowest BCUT2D eigenvalue weighted by Crippen LogP contribution is -2.13. The molecule has 0 radical (unpaired) electrons. The van der Waals surface area contributed by atoms with Gasteiger partial charge in [-0.15, -0.1) is 0 Å². The van der Waals surface area contributed by atoms with Crippen LogP contribution in [-0.2, 0) is 0 Å². The Morgan fingerprint density at radius 3 is 1.94 bits per heavy atom. The third-order valence-corrected chi connectivity index (χ3v) is 9.50. The van der Waals surface area contributed by atoms with Crippen molar-refractivity contribution in [1.29, 1.82) is 5.41 Å². The molecular weight excluding hydrogens is 635 g/mol. The molecule has 0 aliphatic carbocycles. The molecule has 1 aliphatic rings. The molecule has 52 heavy (non-hydrogen) atoms. The number of aromatic nitrogens is 1. The molecule has 0 spiro atoms. The molecule has 1 N–H and O–H groups in total. The number of nitrogens with zero attached hydrogens (tertiary/aromatic N) is 4. The van der Waals surface area contributed by atoms with Crippen molar-refractivity contribution in [1.82, 2.24) is 4.57 Å². The monoisotopic (exact) mass is 667 g/mol. The second kappa shape index (κ2) is 13.3. The van der Waals surface area contributed by atoms with Crippen LogP contribution in [0.2, 0.25) is 0 Å². The highest BCUT2D eigenvalue weighted by atomic mass is 15.2. The second-order valence-electron chi connectivity index (χ2n) is 12.7. The molecular formula is C47H33N5. The highest BCUT2D eigenvalue weighted by Gasteiger charge is 2.21. The van der Waals surface area contributed by atoms with Gasteiger partial charge in [0.15, 0.2) is 5.84 Å². The Balaban J connectivity index is 1.20. The van der Waals surface area contributed by atoms with Crippen LogP contribution in [0.4, 0.5) is 17.1 Å². The Morgan fingerprint density at radius 2 is 1.13 bits per heavy atom. The topological polar surface area (TPSA) is 56.7 Å². The summed E-state index contributed by atoms with van der Waals surface area (Å²) < 4.78 is 2.07. The Hall–Kier alpha value is -7.11. The summed E-state index contributed by atoms with van der Waals surface area (Å²) >= 11 is 0. The lowest BCUT2D eigenvalue weighted by molar-refractivity contribution is 1.22. The van der Waals surface area contributed by atoms with E-state index in [0.29, 0.717) is 5.96 Å². The molecule has 0 amide bonds. The maximum absolute atomic E-state index is 8.94. The molecule has 1 aromatic heterocycles. The van der Waals surface area contributed by atoms with Gasteiger partial charge in [-0.25, -0.2) is 4.99 Å². The van der Waals surface area contributed by atoms with Crippen LogP contribution < -0.4 is 4.90 Å².